The molecule has 1 N–H and O–H groups in total. The monoisotopic (exact) mass is 282 g/mol. The lowest BCUT2D eigenvalue weighted by atomic mass is 9.98. The molecule has 0 spiro atoms. The largest absolute Gasteiger partial charge is 0.461 e. The Hall–Kier alpha value is -2.14. The third-order valence-electron chi connectivity index (χ3n) is 4.14. The quantitative estimate of drug-likeness (QED) is 0.802. The number of nitrogens with zero attached hydrogens (tertiary/aromatic N) is 3. The first-order valence-electron chi connectivity index (χ1n) is 7.47. The van der Waals surface area contributed by atoms with Crippen LogP contribution in [0.4, 0.5) is 0 Å². The third kappa shape index (κ3) is 2.34. The summed E-state index contributed by atoms with van der Waals surface area (Å²) in [5, 5.41) is 3.41. The standard InChI is InChI=1S/C16H18N4O/c1-3-13-15(18-7-1)20(11-12-5-8-17-9-6-12)16(19-13)14-4-2-10-21-14/h1-4,7,10,12,17H,5-6,8-9,11H2. The van der Waals surface area contributed by atoms with Crippen molar-refractivity contribution in [2.45, 2.75) is 19.4 Å². The van der Waals surface area contributed by atoms with Gasteiger partial charge in [-0.05, 0) is 56.1 Å². The van der Waals surface area contributed by atoms with E-state index in [1.54, 1.807) is 6.26 Å². The predicted molar refractivity (Wildman–Crippen MR) is 80.8 cm³/mol. The fourth-order valence-electron chi connectivity index (χ4n) is 3.05. The Morgan fingerprint density at radius 3 is 2.95 bits per heavy atom. The van der Waals surface area contributed by atoms with Crippen LogP contribution < -0.4 is 5.32 Å². The van der Waals surface area contributed by atoms with Gasteiger partial charge in [0.1, 0.15) is 5.52 Å². The van der Waals surface area contributed by atoms with Gasteiger partial charge in [0.05, 0.1) is 6.26 Å². The van der Waals surface area contributed by atoms with Crippen molar-refractivity contribution in [1.29, 1.82) is 0 Å². The molecule has 0 bridgehead atoms. The highest BCUT2D eigenvalue weighted by molar-refractivity contribution is 5.75. The maximum atomic E-state index is 5.56. The zero-order valence-corrected chi connectivity index (χ0v) is 11.8. The Morgan fingerprint density at radius 2 is 2.14 bits per heavy atom. The lowest BCUT2D eigenvalue weighted by Gasteiger charge is -2.23. The second-order valence-electron chi connectivity index (χ2n) is 5.56. The summed E-state index contributed by atoms with van der Waals surface area (Å²) in [6.45, 7) is 3.15. The third-order valence-corrected chi connectivity index (χ3v) is 4.14. The molecule has 0 aliphatic carbocycles. The molecule has 5 nitrogen and oxygen atoms in total. The van der Waals surface area contributed by atoms with Gasteiger partial charge in [0.2, 0.25) is 0 Å². The fraction of sp³-hybridized carbons (Fsp3) is 0.375. The summed E-state index contributed by atoms with van der Waals surface area (Å²) in [5.41, 5.74) is 1.88. The van der Waals surface area contributed by atoms with E-state index in [0.29, 0.717) is 5.92 Å². The number of hydrogen-bond acceptors (Lipinski definition) is 4. The van der Waals surface area contributed by atoms with Crippen molar-refractivity contribution >= 4 is 11.2 Å². The van der Waals surface area contributed by atoms with Crippen LogP contribution in [0.25, 0.3) is 22.7 Å². The zero-order valence-electron chi connectivity index (χ0n) is 11.8. The van der Waals surface area contributed by atoms with E-state index in [-0.39, 0.29) is 0 Å². The summed E-state index contributed by atoms with van der Waals surface area (Å²) >= 11 is 0. The first kappa shape index (κ1) is 12.6. The van der Waals surface area contributed by atoms with Gasteiger partial charge >= 0.3 is 0 Å². The molecule has 0 radical (unpaired) electrons. The number of fused-ring (bicyclic) bond motifs is 1. The molecule has 4 heterocycles. The van der Waals surface area contributed by atoms with Gasteiger partial charge in [0, 0.05) is 12.7 Å². The number of piperidine rings is 1. The average Bonchev–Trinajstić information content (AvgIpc) is 3.16. The Balaban J connectivity index is 1.78. The van der Waals surface area contributed by atoms with E-state index in [1.165, 1.54) is 12.8 Å². The number of furan rings is 1. The van der Waals surface area contributed by atoms with Gasteiger partial charge in [-0.15, -0.1) is 0 Å². The minimum Gasteiger partial charge on any atom is -0.461 e. The van der Waals surface area contributed by atoms with E-state index in [4.69, 9.17) is 9.40 Å². The van der Waals surface area contributed by atoms with Crippen LogP contribution in [0.1, 0.15) is 12.8 Å². The molecule has 1 fully saturated rings. The van der Waals surface area contributed by atoms with Crippen LogP contribution in [0.15, 0.2) is 41.1 Å². The maximum Gasteiger partial charge on any atom is 0.178 e. The molecular weight excluding hydrogens is 264 g/mol. The topological polar surface area (TPSA) is 55.9 Å². The Labute approximate surface area is 123 Å². The molecule has 0 aromatic carbocycles. The Kier molecular flexibility index (Phi) is 3.20. The average molecular weight is 282 g/mol. The molecule has 1 aliphatic rings. The van der Waals surface area contributed by atoms with Gasteiger partial charge < -0.3 is 14.3 Å². The van der Waals surface area contributed by atoms with Crippen LogP contribution in [0.3, 0.4) is 0 Å². The van der Waals surface area contributed by atoms with E-state index >= 15 is 0 Å². The first-order valence-corrected chi connectivity index (χ1v) is 7.47. The predicted octanol–water partition coefficient (Wildman–Crippen LogP) is 2.69. The SMILES string of the molecule is c1coc(-c2nc3cccnc3n2CC2CCNCC2)c1. The summed E-state index contributed by atoms with van der Waals surface area (Å²) in [7, 11) is 0. The van der Waals surface area contributed by atoms with Gasteiger partial charge in [-0.25, -0.2) is 9.97 Å². The summed E-state index contributed by atoms with van der Waals surface area (Å²) in [6, 6.07) is 7.79. The Morgan fingerprint density at radius 1 is 1.24 bits per heavy atom. The number of rotatable bonds is 3. The summed E-state index contributed by atoms with van der Waals surface area (Å²) in [6.07, 6.45) is 5.92. The molecule has 3 aromatic rings. The van der Waals surface area contributed by atoms with E-state index < -0.39 is 0 Å². The highest BCUT2D eigenvalue weighted by atomic mass is 16.3. The zero-order chi connectivity index (χ0) is 14.1. The molecular formula is C16H18N4O. The molecule has 0 saturated carbocycles. The molecule has 3 aromatic heterocycles. The molecule has 21 heavy (non-hydrogen) atoms. The highest BCUT2D eigenvalue weighted by Crippen LogP contribution is 2.26. The van der Waals surface area contributed by atoms with Gasteiger partial charge in [-0.1, -0.05) is 0 Å². The van der Waals surface area contributed by atoms with E-state index in [1.807, 2.05) is 30.5 Å². The first-order chi connectivity index (χ1) is 10.4. The Bertz CT molecular complexity index is 726. The van der Waals surface area contributed by atoms with Crippen molar-refractivity contribution in [1.82, 2.24) is 19.9 Å². The highest BCUT2D eigenvalue weighted by Gasteiger charge is 2.20. The smallest absolute Gasteiger partial charge is 0.178 e. The van der Waals surface area contributed by atoms with Crippen LogP contribution in [0.2, 0.25) is 0 Å². The summed E-state index contributed by atoms with van der Waals surface area (Å²) < 4.78 is 7.77. The van der Waals surface area contributed by atoms with Gasteiger partial charge in [0.25, 0.3) is 0 Å². The maximum absolute atomic E-state index is 5.56. The number of imidazole rings is 1. The van der Waals surface area contributed by atoms with Crippen LogP contribution in [0.5, 0.6) is 0 Å². The van der Waals surface area contributed by atoms with E-state index in [2.05, 4.69) is 14.9 Å². The fourth-order valence-corrected chi connectivity index (χ4v) is 3.05. The lowest BCUT2D eigenvalue weighted by Crippen LogP contribution is -2.30. The normalized spacial score (nSPS) is 16.6. The van der Waals surface area contributed by atoms with Crippen LogP contribution in [-0.2, 0) is 6.54 Å². The minimum absolute atomic E-state index is 0.666. The molecule has 5 heteroatoms. The van der Waals surface area contributed by atoms with Gasteiger partial charge in [-0.3, -0.25) is 0 Å². The van der Waals surface area contributed by atoms with E-state index in [9.17, 15) is 0 Å². The molecule has 0 atom stereocenters. The summed E-state index contributed by atoms with van der Waals surface area (Å²) in [4.78, 5) is 9.23. The molecule has 0 amide bonds. The molecule has 4 rings (SSSR count). The van der Waals surface area contributed by atoms with Crippen LogP contribution >= 0.6 is 0 Å². The minimum atomic E-state index is 0.666. The van der Waals surface area contributed by atoms with Crippen molar-refractivity contribution in [2.24, 2.45) is 5.92 Å². The van der Waals surface area contributed by atoms with Crippen LogP contribution in [-0.4, -0.2) is 27.6 Å². The van der Waals surface area contributed by atoms with Gasteiger partial charge in [0.15, 0.2) is 17.2 Å². The van der Waals surface area contributed by atoms with Gasteiger partial charge in [-0.2, -0.15) is 0 Å². The number of aromatic nitrogens is 3. The van der Waals surface area contributed by atoms with Crippen LogP contribution in [0, 0.1) is 5.92 Å². The number of nitrogens with one attached hydrogen (secondary N) is 1. The van der Waals surface area contributed by atoms with Crippen molar-refractivity contribution in [3.63, 3.8) is 0 Å². The summed E-state index contributed by atoms with van der Waals surface area (Å²) in [5.74, 6) is 2.36. The van der Waals surface area contributed by atoms with Crippen molar-refractivity contribution in [2.75, 3.05) is 13.1 Å². The number of hydrogen-bond donors (Lipinski definition) is 1. The van der Waals surface area contributed by atoms with Crippen molar-refractivity contribution in [3.05, 3.63) is 36.7 Å². The molecule has 1 saturated heterocycles. The van der Waals surface area contributed by atoms with Crippen molar-refractivity contribution in [3.8, 4) is 11.6 Å². The molecule has 1 aliphatic heterocycles. The van der Waals surface area contributed by atoms with Crippen molar-refractivity contribution < 1.29 is 4.42 Å². The molecule has 0 unspecified atom stereocenters. The molecule has 108 valence electrons. The second kappa shape index (κ2) is 5.33. The lowest BCUT2D eigenvalue weighted by molar-refractivity contribution is 0.336. The second-order valence-corrected chi connectivity index (χ2v) is 5.56. The van der Waals surface area contributed by atoms with E-state index in [0.717, 1.165) is 42.4 Å². The number of pyridine rings is 1.